The number of hydrogen-bond acceptors (Lipinski definition) is 6. The van der Waals surface area contributed by atoms with E-state index < -0.39 is 0 Å². The Labute approximate surface area is 190 Å². The van der Waals surface area contributed by atoms with Gasteiger partial charge in [0.05, 0.1) is 23.6 Å². The molecule has 4 rings (SSSR count). The molecular weight excluding hydrogens is 422 g/mol. The highest BCUT2D eigenvalue weighted by Crippen LogP contribution is 2.27. The van der Waals surface area contributed by atoms with Crippen molar-refractivity contribution in [1.29, 1.82) is 0 Å². The van der Waals surface area contributed by atoms with Crippen molar-refractivity contribution in [2.45, 2.75) is 17.2 Å². The van der Waals surface area contributed by atoms with Crippen LogP contribution in [0.25, 0.3) is 5.69 Å². The number of benzene rings is 3. The quantitative estimate of drug-likeness (QED) is 0.397. The molecular formula is C24H23N5O2S. The number of carbonyl (C=O) groups excluding carboxylic acids is 1. The summed E-state index contributed by atoms with van der Waals surface area (Å²) in [7, 11) is 0. The minimum atomic E-state index is -0.117. The summed E-state index contributed by atoms with van der Waals surface area (Å²) >= 11 is 1.51. The SMILES string of the molecule is O=C(c1ccccc1SCc1nnnn1-c1ccccc1)N(CCO)Cc1ccccc1. The van der Waals surface area contributed by atoms with E-state index in [1.807, 2.05) is 84.9 Å². The molecule has 32 heavy (non-hydrogen) atoms. The molecule has 1 N–H and O–H groups in total. The van der Waals surface area contributed by atoms with Crippen molar-refractivity contribution in [3.63, 3.8) is 0 Å². The third-order valence-corrected chi connectivity index (χ3v) is 5.95. The minimum Gasteiger partial charge on any atom is -0.395 e. The maximum atomic E-state index is 13.4. The summed E-state index contributed by atoms with van der Waals surface area (Å²) in [4.78, 5) is 15.9. The molecule has 7 nitrogen and oxygen atoms in total. The minimum absolute atomic E-state index is 0.0975. The average molecular weight is 446 g/mol. The van der Waals surface area contributed by atoms with Gasteiger partial charge >= 0.3 is 0 Å². The Hall–Kier alpha value is -3.49. The molecule has 162 valence electrons. The predicted molar refractivity (Wildman–Crippen MR) is 123 cm³/mol. The van der Waals surface area contributed by atoms with E-state index in [0.29, 0.717) is 23.7 Å². The maximum absolute atomic E-state index is 13.4. The topological polar surface area (TPSA) is 84.1 Å². The van der Waals surface area contributed by atoms with Gasteiger partial charge < -0.3 is 10.0 Å². The largest absolute Gasteiger partial charge is 0.395 e. The average Bonchev–Trinajstić information content (AvgIpc) is 3.32. The van der Waals surface area contributed by atoms with Crippen LogP contribution in [0.15, 0.2) is 89.8 Å². The molecule has 0 aliphatic carbocycles. The number of para-hydroxylation sites is 1. The van der Waals surface area contributed by atoms with Gasteiger partial charge in [0.2, 0.25) is 0 Å². The van der Waals surface area contributed by atoms with Gasteiger partial charge in [-0.2, -0.15) is 4.68 Å². The first-order valence-electron chi connectivity index (χ1n) is 10.2. The van der Waals surface area contributed by atoms with Crippen molar-refractivity contribution in [2.24, 2.45) is 0 Å². The number of tetrazole rings is 1. The first-order chi connectivity index (χ1) is 15.8. The van der Waals surface area contributed by atoms with E-state index in [2.05, 4.69) is 15.5 Å². The van der Waals surface area contributed by atoms with Crippen LogP contribution in [0, 0.1) is 0 Å². The Bertz CT molecular complexity index is 1150. The summed E-state index contributed by atoms with van der Waals surface area (Å²) in [5.74, 6) is 1.08. The van der Waals surface area contributed by atoms with Crippen LogP contribution >= 0.6 is 11.8 Å². The molecule has 0 fully saturated rings. The molecule has 1 amide bonds. The third kappa shape index (κ3) is 5.22. The fourth-order valence-corrected chi connectivity index (χ4v) is 4.27. The van der Waals surface area contributed by atoms with Gasteiger partial charge in [-0.15, -0.1) is 16.9 Å². The van der Waals surface area contributed by atoms with Crippen molar-refractivity contribution in [3.8, 4) is 5.69 Å². The molecule has 1 aromatic heterocycles. The van der Waals surface area contributed by atoms with Crippen LogP contribution in [0.5, 0.6) is 0 Å². The molecule has 0 bridgehead atoms. The maximum Gasteiger partial charge on any atom is 0.255 e. The lowest BCUT2D eigenvalue weighted by atomic mass is 10.1. The van der Waals surface area contributed by atoms with E-state index in [0.717, 1.165) is 16.1 Å². The molecule has 3 aromatic carbocycles. The summed E-state index contributed by atoms with van der Waals surface area (Å²) in [6.45, 7) is 0.601. The Morgan fingerprint density at radius 1 is 0.938 bits per heavy atom. The van der Waals surface area contributed by atoms with Gasteiger partial charge in [-0.3, -0.25) is 4.79 Å². The Kier molecular flexibility index (Phi) is 7.27. The fraction of sp³-hybridized carbons (Fsp3) is 0.167. The molecule has 0 aliphatic rings. The number of thioether (sulfide) groups is 1. The number of aromatic nitrogens is 4. The number of aliphatic hydroxyl groups excluding tert-OH is 1. The molecule has 4 aromatic rings. The van der Waals surface area contributed by atoms with Crippen molar-refractivity contribution in [1.82, 2.24) is 25.1 Å². The summed E-state index contributed by atoms with van der Waals surface area (Å²) in [5, 5.41) is 21.6. The van der Waals surface area contributed by atoms with Gasteiger partial charge in [-0.05, 0) is 40.3 Å². The second-order valence-electron chi connectivity index (χ2n) is 7.06. The Morgan fingerprint density at radius 3 is 2.38 bits per heavy atom. The van der Waals surface area contributed by atoms with Crippen LogP contribution in [-0.2, 0) is 12.3 Å². The summed E-state index contributed by atoms with van der Waals surface area (Å²) in [6, 6.07) is 27.0. The van der Waals surface area contributed by atoms with E-state index in [9.17, 15) is 9.90 Å². The normalized spacial score (nSPS) is 10.8. The lowest BCUT2D eigenvalue weighted by molar-refractivity contribution is 0.0704. The van der Waals surface area contributed by atoms with Gasteiger partial charge in [0.15, 0.2) is 5.82 Å². The zero-order valence-electron chi connectivity index (χ0n) is 17.4. The summed E-state index contributed by atoms with van der Waals surface area (Å²) in [6.07, 6.45) is 0. The smallest absolute Gasteiger partial charge is 0.255 e. The predicted octanol–water partition coefficient (Wildman–Crippen LogP) is 3.59. The Balaban J connectivity index is 1.53. The first-order valence-corrected chi connectivity index (χ1v) is 11.2. The lowest BCUT2D eigenvalue weighted by Crippen LogP contribution is -2.33. The highest BCUT2D eigenvalue weighted by molar-refractivity contribution is 7.98. The molecule has 0 radical (unpaired) electrons. The third-order valence-electron chi connectivity index (χ3n) is 4.88. The molecule has 0 unspecified atom stereocenters. The standard InChI is InChI=1S/C24H23N5O2S/c30-16-15-28(17-19-9-3-1-4-10-19)24(31)21-13-7-8-14-22(21)32-18-23-25-26-27-29(23)20-11-5-2-6-12-20/h1-14,30H,15-18H2. The molecule has 1 heterocycles. The van der Waals surface area contributed by atoms with E-state index in [1.165, 1.54) is 11.8 Å². The van der Waals surface area contributed by atoms with E-state index in [-0.39, 0.29) is 19.1 Å². The summed E-state index contributed by atoms with van der Waals surface area (Å²) in [5.41, 5.74) is 2.50. The fourth-order valence-electron chi connectivity index (χ4n) is 3.32. The van der Waals surface area contributed by atoms with Crippen LogP contribution in [0.2, 0.25) is 0 Å². The van der Waals surface area contributed by atoms with Gasteiger partial charge in [-0.25, -0.2) is 0 Å². The number of amides is 1. The Morgan fingerprint density at radius 2 is 1.62 bits per heavy atom. The zero-order valence-corrected chi connectivity index (χ0v) is 18.2. The number of hydrogen-bond donors (Lipinski definition) is 1. The molecule has 0 spiro atoms. The highest BCUT2D eigenvalue weighted by atomic mass is 32.2. The molecule has 0 saturated carbocycles. The summed E-state index contributed by atoms with van der Waals surface area (Å²) < 4.78 is 1.70. The van der Waals surface area contributed by atoms with Crippen LogP contribution in [-0.4, -0.2) is 49.3 Å². The zero-order chi connectivity index (χ0) is 22.2. The molecule has 0 aliphatic heterocycles. The van der Waals surface area contributed by atoms with Gasteiger partial charge in [-0.1, -0.05) is 60.7 Å². The van der Waals surface area contributed by atoms with Crippen molar-refractivity contribution in [2.75, 3.05) is 13.2 Å². The van der Waals surface area contributed by atoms with Gasteiger partial charge in [0.25, 0.3) is 5.91 Å². The van der Waals surface area contributed by atoms with Crippen molar-refractivity contribution < 1.29 is 9.90 Å². The monoisotopic (exact) mass is 445 g/mol. The van der Waals surface area contributed by atoms with Crippen LogP contribution in [0.4, 0.5) is 0 Å². The number of carbonyl (C=O) groups is 1. The van der Waals surface area contributed by atoms with Crippen molar-refractivity contribution >= 4 is 17.7 Å². The van der Waals surface area contributed by atoms with Gasteiger partial charge in [0, 0.05) is 18.0 Å². The van der Waals surface area contributed by atoms with E-state index in [1.54, 1.807) is 9.58 Å². The van der Waals surface area contributed by atoms with Crippen LogP contribution in [0.1, 0.15) is 21.7 Å². The van der Waals surface area contributed by atoms with Crippen LogP contribution < -0.4 is 0 Å². The van der Waals surface area contributed by atoms with Crippen LogP contribution in [0.3, 0.4) is 0 Å². The first kappa shape index (κ1) is 21.7. The number of aliphatic hydroxyl groups is 1. The van der Waals surface area contributed by atoms with E-state index >= 15 is 0 Å². The molecule has 0 saturated heterocycles. The molecule has 0 atom stereocenters. The van der Waals surface area contributed by atoms with E-state index in [4.69, 9.17) is 0 Å². The second kappa shape index (κ2) is 10.7. The second-order valence-corrected chi connectivity index (χ2v) is 8.08. The number of rotatable bonds is 9. The van der Waals surface area contributed by atoms with Crippen molar-refractivity contribution in [3.05, 3.63) is 102 Å². The highest BCUT2D eigenvalue weighted by Gasteiger charge is 2.20. The van der Waals surface area contributed by atoms with Gasteiger partial charge in [0.1, 0.15) is 0 Å². The lowest BCUT2D eigenvalue weighted by Gasteiger charge is -2.23. The molecule has 8 heteroatoms. The number of nitrogens with zero attached hydrogens (tertiary/aromatic N) is 5.